The molecule has 0 bridgehead atoms. The van der Waals surface area contributed by atoms with Gasteiger partial charge in [-0.25, -0.2) is 4.79 Å². The van der Waals surface area contributed by atoms with E-state index in [2.05, 4.69) is 7.05 Å². The Morgan fingerprint density at radius 1 is 1.32 bits per heavy atom. The zero-order valence-electron chi connectivity index (χ0n) is 11.6. The van der Waals surface area contributed by atoms with E-state index in [-0.39, 0.29) is 18.7 Å². The molecule has 19 heavy (non-hydrogen) atoms. The van der Waals surface area contributed by atoms with E-state index < -0.39 is 0 Å². The standard InChI is InChI=1S/C15H21NO3/c1-12-5-3-4-6-14(12)18-11-15(17)19-13-7-9-16(2)10-8-13/h3-6,13H,7-11H2,1-2H3/p+1. The van der Waals surface area contributed by atoms with E-state index in [0.29, 0.717) is 0 Å². The second kappa shape index (κ2) is 6.57. The van der Waals surface area contributed by atoms with Crippen molar-refractivity contribution in [2.45, 2.75) is 25.9 Å². The van der Waals surface area contributed by atoms with Gasteiger partial charge in [-0.05, 0) is 18.6 Å². The van der Waals surface area contributed by atoms with Crippen LogP contribution in [0.5, 0.6) is 5.75 Å². The number of aryl methyl sites for hydroxylation is 1. The lowest BCUT2D eigenvalue weighted by atomic mass is 10.1. The van der Waals surface area contributed by atoms with Gasteiger partial charge in [0.05, 0.1) is 20.1 Å². The number of para-hydroxylation sites is 1. The number of likely N-dealkylation sites (tertiary alicyclic amines) is 1. The Bertz CT molecular complexity index is 425. The van der Waals surface area contributed by atoms with E-state index in [0.717, 1.165) is 37.2 Å². The van der Waals surface area contributed by atoms with Gasteiger partial charge in [-0.15, -0.1) is 0 Å². The van der Waals surface area contributed by atoms with Gasteiger partial charge >= 0.3 is 5.97 Å². The molecular weight excluding hydrogens is 242 g/mol. The number of piperidine rings is 1. The monoisotopic (exact) mass is 264 g/mol. The Morgan fingerprint density at radius 2 is 2.00 bits per heavy atom. The predicted molar refractivity (Wildman–Crippen MR) is 72.4 cm³/mol. The summed E-state index contributed by atoms with van der Waals surface area (Å²) in [6.45, 7) is 4.08. The van der Waals surface area contributed by atoms with Crippen LogP contribution in [0.15, 0.2) is 24.3 Å². The first-order valence-corrected chi connectivity index (χ1v) is 6.84. The molecule has 104 valence electrons. The van der Waals surface area contributed by atoms with E-state index >= 15 is 0 Å². The highest BCUT2D eigenvalue weighted by atomic mass is 16.6. The van der Waals surface area contributed by atoms with Crippen molar-refractivity contribution in [1.29, 1.82) is 0 Å². The lowest BCUT2D eigenvalue weighted by molar-refractivity contribution is -0.885. The maximum Gasteiger partial charge on any atom is 0.344 e. The Morgan fingerprint density at radius 3 is 2.68 bits per heavy atom. The summed E-state index contributed by atoms with van der Waals surface area (Å²) in [4.78, 5) is 13.2. The predicted octanol–water partition coefficient (Wildman–Crippen LogP) is 0.594. The lowest BCUT2D eigenvalue weighted by Crippen LogP contribution is -3.10. The Hall–Kier alpha value is -1.55. The molecule has 4 nitrogen and oxygen atoms in total. The summed E-state index contributed by atoms with van der Waals surface area (Å²) in [5.41, 5.74) is 1.03. The molecule has 1 aliphatic rings. The molecule has 4 heteroatoms. The minimum atomic E-state index is -0.271. The van der Waals surface area contributed by atoms with E-state index in [4.69, 9.17) is 9.47 Å². The van der Waals surface area contributed by atoms with Crippen LogP contribution in [-0.2, 0) is 9.53 Å². The molecular formula is C15H22NO3+. The molecule has 0 radical (unpaired) electrons. The molecule has 1 aromatic rings. The molecule has 1 N–H and O–H groups in total. The second-order valence-corrected chi connectivity index (χ2v) is 5.20. The van der Waals surface area contributed by atoms with Crippen LogP contribution in [0.1, 0.15) is 18.4 Å². The van der Waals surface area contributed by atoms with Crippen molar-refractivity contribution in [3.05, 3.63) is 29.8 Å². The molecule has 0 aliphatic carbocycles. The van der Waals surface area contributed by atoms with Crippen LogP contribution in [-0.4, -0.2) is 38.8 Å². The first-order valence-electron chi connectivity index (χ1n) is 6.84. The molecule has 0 saturated carbocycles. The number of hydrogen-bond acceptors (Lipinski definition) is 3. The van der Waals surface area contributed by atoms with E-state index in [9.17, 15) is 4.79 Å². The fourth-order valence-corrected chi connectivity index (χ4v) is 2.28. The van der Waals surface area contributed by atoms with Crippen LogP contribution in [0.25, 0.3) is 0 Å². The van der Waals surface area contributed by atoms with E-state index in [1.54, 1.807) is 0 Å². The third kappa shape index (κ3) is 4.24. The molecule has 0 spiro atoms. The molecule has 0 amide bonds. The van der Waals surface area contributed by atoms with Crippen LogP contribution in [0.3, 0.4) is 0 Å². The number of benzene rings is 1. The molecule has 0 unspecified atom stereocenters. The summed E-state index contributed by atoms with van der Waals surface area (Å²) >= 11 is 0. The largest absolute Gasteiger partial charge is 0.482 e. The second-order valence-electron chi connectivity index (χ2n) is 5.20. The van der Waals surface area contributed by atoms with Crippen LogP contribution < -0.4 is 9.64 Å². The minimum absolute atomic E-state index is 0.00987. The minimum Gasteiger partial charge on any atom is -0.482 e. The van der Waals surface area contributed by atoms with Crippen LogP contribution >= 0.6 is 0 Å². The lowest BCUT2D eigenvalue weighted by Gasteiger charge is -2.26. The number of ether oxygens (including phenoxy) is 2. The molecule has 1 aromatic carbocycles. The van der Waals surface area contributed by atoms with Crippen LogP contribution in [0, 0.1) is 6.92 Å². The van der Waals surface area contributed by atoms with E-state index in [1.165, 1.54) is 4.90 Å². The third-order valence-corrected chi connectivity index (χ3v) is 3.52. The summed E-state index contributed by atoms with van der Waals surface area (Å²) in [6.07, 6.45) is 1.96. The molecule has 0 atom stereocenters. The zero-order chi connectivity index (χ0) is 13.7. The molecule has 1 aliphatic heterocycles. The fourth-order valence-electron chi connectivity index (χ4n) is 2.28. The van der Waals surface area contributed by atoms with Crippen molar-refractivity contribution < 1.29 is 19.2 Å². The number of carbonyl (C=O) groups is 1. The number of rotatable bonds is 4. The molecule has 1 fully saturated rings. The highest BCUT2D eigenvalue weighted by Crippen LogP contribution is 2.16. The summed E-state index contributed by atoms with van der Waals surface area (Å²) in [6, 6.07) is 7.66. The maximum atomic E-state index is 11.7. The summed E-state index contributed by atoms with van der Waals surface area (Å²) in [7, 11) is 2.17. The average molecular weight is 264 g/mol. The summed E-state index contributed by atoms with van der Waals surface area (Å²) in [5, 5.41) is 0. The van der Waals surface area contributed by atoms with Crippen molar-refractivity contribution in [1.82, 2.24) is 0 Å². The topological polar surface area (TPSA) is 40.0 Å². The molecule has 1 heterocycles. The fraction of sp³-hybridized carbons (Fsp3) is 0.533. The maximum absolute atomic E-state index is 11.7. The van der Waals surface area contributed by atoms with Crippen molar-refractivity contribution in [2.75, 3.05) is 26.7 Å². The molecule has 2 rings (SSSR count). The van der Waals surface area contributed by atoms with E-state index in [1.807, 2.05) is 31.2 Å². The van der Waals surface area contributed by atoms with Crippen molar-refractivity contribution >= 4 is 5.97 Å². The van der Waals surface area contributed by atoms with Gasteiger partial charge in [0, 0.05) is 12.8 Å². The normalized spacial score (nSPS) is 22.8. The highest BCUT2D eigenvalue weighted by molar-refractivity contribution is 5.71. The Balaban J connectivity index is 1.74. The third-order valence-electron chi connectivity index (χ3n) is 3.52. The van der Waals surface area contributed by atoms with Crippen molar-refractivity contribution in [3.63, 3.8) is 0 Å². The Kier molecular flexibility index (Phi) is 4.80. The van der Waals surface area contributed by atoms with Gasteiger partial charge < -0.3 is 14.4 Å². The molecule has 0 aromatic heterocycles. The van der Waals surface area contributed by atoms with Gasteiger partial charge in [0.1, 0.15) is 11.9 Å². The van der Waals surface area contributed by atoms with Gasteiger partial charge in [-0.2, -0.15) is 0 Å². The van der Waals surface area contributed by atoms with Crippen LogP contribution in [0.4, 0.5) is 0 Å². The van der Waals surface area contributed by atoms with Crippen LogP contribution in [0.2, 0.25) is 0 Å². The highest BCUT2D eigenvalue weighted by Gasteiger charge is 2.22. The number of carbonyl (C=O) groups excluding carboxylic acids is 1. The van der Waals surface area contributed by atoms with Gasteiger partial charge in [0.25, 0.3) is 0 Å². The van der Waals surface area contributed by atoms with Gasteiger partial charge in [-0.1, -0.05) is 18.2 Å². The number of hydrogen-bond donors (Lipinski definition) is 1. The van der Waals surface area contributed by atoms with Gasteiger partial charge in [-0.3, -0.25) is 0 Å². The van der Waals surface area contributed by atoms with Crippen molar-refractivity contribution in [3.8, 4) is 5.75 Å². The first kappa shape index (κ1) is 13.9. The zero-order valence-corrected chi connectivity index (χ0v) is 11.6. The smallest absolute Gasteiger partial charge is 0.344 e. The summed E-state index contributed by atoms with van der Waals surface area (Å²) < 4.78 is 10.9. The van der Waals surface area contributed by atoms with Crippen molar-refractivity contribution in [2.24, 2.45) is 0 Å². The number of nitrogens with one attached hydrogen (secondary N) is 1. The first-order chi connectivity index (χ1) is 9.15. The van der Waals surface area contributed by atoms with Gasteiger partial charge in [0.15, 0.2) is 6.61 Å². The SMILES string of the molecule is Cc1ccccc1OCC(=O)OC1CC[NH+](C)CC1. The number of esters is 1. The average Bonchev–Trinajstić information content (AvgIpc) is 2.40. The summed E-state index contributed by atoms with van der Waals surface area (Å²) in [5.74, 6) is 0.472. The number of quaternary nitrogens is 1. The molecule has 1 saturated heterocycles. The quantitative estimate of drug-likeness (QED) is 0.809. The van der Waals surface area contributed by atoms with Gasteiger partial charge in [0.2, 0.25) is 0 Å². The Labute approximate surface area is 114 Å².